The van der Waals surface area contributed by atoms with E-state index < -0.39 is 15.8 Å². The Bertz CT molecular complexity index is 917. The number of hydrogen-bond acceptors (Lipinski definition) is 5. The van der Waals surface area contributed by atoms with Gasteiger partial charge >= 0.3 is 5.76 Å². The molecule has 2 heterocycles. The molecule has 0 spiro atoms. The first kappa shape index (κ1) is 20.0. The molecule has 9 heteroatoms. The van der Waals surface area contributed by atoms with Crippen LogP contribution in [-0.4, -0.2) is 32.1 Å². The zero-order valence-electron chi connectivity index (χ0n) is 14.5. The first-order valence-corrected chi connectivity index (χ1v) is 9.52. The summed E-state index contributed by atoms with van der Waals surface area (Å²) < 4.78 is 34.2. The summed E-state index contributed by atoms with van der Waals surface area (Å²) in [5, 5.41) is 3.38. The van der Waals surface area contributed by atoms with Crippen LogP contribution in [0.1, 0.15) is 26.7 Å². The van der Waals surface area contributed by atoms with Crippen molar-refractivity contribution in [2.75, 3.05) is 13.1 Å². The first-order chi connectivity index (χ1) is 11.2. The van der Waals surface area contributed by atoms with Crippen molar-refractivity contribution in [1.29, 1.82) is 0 Å². The van der Waals surface area contributed by atoms with E-state index in [-0.39, 0.29) is 34.3 Å². The van der Waals surface area contributed by atoms with Gasteiger partial charge in [-0.3, -0.25) is 4.57 Å². The molecular weight excluding hydrogens is 366 g/mol. The molecule has 7 nitrogen and oxygen atoms in total. The third kappa shape index (κ3) is 3.92. The van der Waals surface area contributed by atoms with Gasteiger partial charge < -0.3 is 9.73 Å². The molecule has 0 aliphatic carbocycles. The van der Waals surface area contributed by atoms with Gasteiger partial charge in [-0.15, -0.1) is 12.4 Å². The normalized spacial score (nSPS) is 20.4. The molecule has 1 saturated heterocycles. The molecule has 1 aromatic carbocycles. The van der Waals surface area contributed by atoms with Gasteiger partial charge in [-0.2, -0.15) is 0 Å². The van der Waals surface area contributed by atoms with Crippen LogP contribution in [0.5, 0.6) is 0 Å². The number of nitrogens with one attached hydrogen (secondary N) is 2. The van der Waals surface area contributed by atoms with Crippen LogP contribution in [0.25, 0.3) is 11.1 Å². The lowest BCUT2D eigenvalue weighted by molar-refractivity contribution is 0.181. The number of rotatable bonds is 4. The standard InChI is InChI=1S/C16H23N3O4S.ClH/c1-16(2)7-4-8-17-14(16)10-18-24(21,22)11-5-6-12-13(9-11)23-15(20)19(12)3;/h5-6,9,14,17-18H,4,7-8,10H2,1-3H3;1H. The molecule has 0 bridgehead atoms. The van der Waals surface area contributed by atoms with E-state index in [1.54, 1.807) is 13.1 Å². The van der Waals surface area contributed by atoms with Gasteiger partial charge in [-0.05, 0) is 36.9 Å². The fourth-order valence-electron chi connectivity index (χ4n) is 3.18. The molecular formula is C16H24ClN3O4S. The minimum absolute atomic E-state index is 0. The summed E-state index contributed by atoms with van der Waals surface area (Å²) >= 11 is 0. The van der Waals surface area contributed by atoms with Gasteiger partial charge in [0.1, 0.15) is 0 Å². The lowest BCUT2D eigenvalue weighted by atomic mass is 9.78. The molecule has 25 heavy (non-hydrogen) atoms. The van der Waals surface area contributed by atoms with Crippen molar-refractivity contribution in [2.45, 2.75) is 37.6 Å². The molecule has 1 aromatic heterocycles. The highest BCUT2D eigenvalue weighted by molar-refractivity contribution is 7.89. The Balaban J connectivity index is 0.00000225. The summed E-state index contributed by atoms with van der Waals surface area (Å²) in [7, 11) is -2.09. The number of fused-ring (bicyclic) bond motifs is 1. The number of hydrogen-bond donors (Lipinski definition) is 2. The Labute approximate surface area is 153 Å². The maximum atomic E-state index is 12.6. The summed E-state index contributed by atoms with van der Waals surface area (Å²) in [5.41, 5.74) is 0.868. The number of nitrogens with zero attached hydrogens (tertiary/aromatic N) is 1. The van der Waals surface area contributed by atoms with Crippen LogP contribution in [0, 0.1) is 5.41 Å². The minimum Gasteiger partial charge on any atom is -0.408 e. The van der Waals surface area contributed by atoms with E-state index in [9.17, 15) is 13.2 Å². The van der Waals surface area contributed by atoms with Gasteiger partial charge in [0.2, 0.25) is 10.0 Å². The summed E-state index contributed by atoms with van der Waals surface area (Å²) in [4.78, 5) is 11.6. The molecule has 1 aliphatic rings. The predicted molar refractivity (Wildman–Crippen MR) is 98.7 cm³/mol. The highest BCUT2D eigenvalue weighted by Crippen LogP contribution is 2.30. The van der Waals surface area contributed by atoms with Crippen molar-refractivity contribution < 1.29 is 12.8 Å². The molecule has 3 rings (SSSR count). The van der Waals surface area contributed by atoms with Crippen molar-refractivity contribution >= 4 is 33.5 Å². The quantitative estimate of drug-likeness (QED) is 0.828. The lowest BCUT2D eigenvalue weighted by Crippen LogP contribution is -2.52. The van der Waals surface area contributed by atoms with Crippen molar-refractivity contribution in [3.8, 4) is 0 Å². The third-order valence-electron chi connectivity index (χ3n) is 4.88. The maximum Gasteiger partial charge on any atom is 0.419 e. The number of piperidine rings is 1. The van der Waals surface area contributed by atoms with Crippen LogP contribution in [0.4, 0.5) is 0 Å². The Morgan fingerprint density at radius 2 is 2.12 bits per heavy atom. The van der Waals surface area contributed by atoms with Crippen molar-refractivity contribution in [3.63, 3.8) is 0 Å². The largest absolute Gasteiger partial charge is 0.419 e. The van der Waals surface area contributed by atoms with Crippen LogP contribution in [0.15, 0.2) is 32.3 Å². The molecule has 0 radical (unpaired) electrons. The average molecular weight is 390 g/mol. The van der Waals surface area contributed by atoms with E-state index in [4.69, 9.17) is 4.42 Å². The van der Waals surface area contributed by atoms with Crippen molar-refractivity contribution in [2.24, 2.45) is 12.5 Å². The van der Waals surface area contributed by atoms with E-state index in [0.29, 0.717) is 12.1 Å². The van der Waals surface area contributed by atoms with Crippen LogP contribution < -0.4 is 15.8 Å². The Morgan fingerprint density at radius 1 is 1.40 bits per heavy atom. The molecule has 2 N–H and O–H groups in total. The van der Waals surface area contributed by atoms with Crippen molar-refractivity contribution in [3.05, 3.63) is 28.7 Å². The lowest BCUT2D eigenvalue weighted by Gasteiger charge is -2.39. The van der Waals surface area contributed by atoms with Gasteiger partial charge in [0, 0.05) is 25.7 Å². The zero-order valence-corrected chi connectivity index (χ0v) is 16.2. The molecule has 1 atom stereocenters. The molecule has 1 unspecified atom stereocenters. The summed E-state index contributed by atoms with van der Waals surface area (Å²) in [6.45, 7) is 5.51. The summed E-state index contributed by atoms with van der Waals surface area (Å²) in [6, 6.07) is 4.54. The number of aromatic nitrogens is 1. The Morgan fingerprint density at radius 3 is 2.80 bits per heavy atom. The fourth-order valence-corrected chi connectivity index (χ4v) is 4.24. The zero-order chi connectivity index (χ0) is 17.5. The van der Waals surface area contributed by atoms with Gasteiger partial charge in [0.05, 0.1) is 10.4 Å². The minimum atomic E-state index is -3.67. The van der Waals surface area contributed by atoms with Crippen LogP contribution >= 0.6 is 12.4 Å². The molecule has 1 aliphatic heterocycles. The monoisotopic (exact) mass is 389 g/mol. The number of halogens is 1. The van der Waals surface area contributed by atoms with Crippen LogP contribution in [0.2, 0.25) is 0 Å². The number of oxazole rings is 1. The summed E-state index contributed by atoms with van der Waals surface area (Å²) in [5.74, 6) is -0.513. The molecule has 140 valence electrons. The second-order valence-electron chi connectivity index (χ2n) is 7.01. The molecule has 1 fully saturated rings. The summed E-state index contributed by atoms with van der Waals surface area (Å²) in [6.07, 6.45) is 2.16. The van der Waals surface area contributed by atoms with E-state index in [0.717, 1.165) is 19.4 Å². The Hall–Kier alpha value is -1.35. The second-order valence-corrected chi connectivity index (χ2v) is 8.77. The van der Waals surface area contributed by atoms with Gasteiger partial charge in [0.25, 0.3) is 0 Å². The smallest absolute Gasteiger partial charge is 0.408 e. The molecule has 0 amide bonds. The van der Waals surface area contributed by atoms with Gasteiger partial charge in [-0.25, -0.2) is 17.9 Å². The van der Waals surface area contributed by atoms with Gasteiger partial charge in [-0.1, -0.05) is 13.8 Å². The van der Waals surface area contributed by atoms with E-state index in [1.165, 1.54) is 16.7 Å². The Kier molecular flexibility index (Phi) is 5.68. The number of aryl methyl sites for hydroxylation is 1. The van der Waals surface area contributed by atoms with Gasteiger partial charge in [0.15, 0.2) is 5.58 Å². The number of benzene rings is 1. The molecule has 0 saturated carbocycles. The van der Waals surface area contributed by atoms with Crippen LogP contribution in [0.3, 0.4) is 0 Å². The van der Waals surface area contributed by atoms with E-state index in [2.05, 4.69) is 23.9 Å². The van der Waals surface area contributed by atoms with E-state index >= 15 is 0 Å². The predicted octanol–water partition coefficient (Wildman–Crippen LogP) is 1.61. The fraction of sp³-hybridized carbons (Fsp3) is 0.562. The first-order valence-electron chi connectivity index (χ1n) is 8.03. The van der Waals surface area contributed by atoms with Crippen molar-refractivity contribution in [1.82, 2.24) is 14.6 Å². The average Bonchev–Trinajstić information content (AvgIpc) is 2.80. The highest BCUT2D eigenvalue weighted by atomic mass is 35.5. The topological polar surface area (TPSA) is 93.3 Å². The SMILES string of the molecule is Cl.Cn1c(=O)oc2cc(S(=O)(=O)NCC3NCCCC3(C)C)ccc21. The van der Waals surface area contributed by atoms with E-state index in [1.807, 2.05) is 0 Å². The second kappa shape index (κ2) is 7.11. The third-order valence-corrected chi connectivity index (χ3v) is 6.30. The maximum absolute atomic E-state index is 12.6. The molecule has 2 aromatic rings. The van der Waals surface area contributed by atoms with Crippen LogP contribution in [-0.2, 0) is 17.1 Å². The highest BCUT2D eigenvalue weighted by Gasteiger charge is 2.32. The number of sulfonamides is 1.